The molecule has 1 aliphatic rings. The lowest BCUT2D eigenvalue weighted by molar-refractivity contribution is 0.692. The van der Waals surface area contributed by atoms with Crippen LogP contribution in [0, 0.1) is 17.8 Å². The third-order valence-corrected chi connectivity index (χ3v) is 4.83. The van der Waals surface area contributed by atoms with E-state index in [1.807, 2.05) is 0 Å². The maximum absolute atomic E-state index is 3.80. The van der Waals surface area contributed by atoms with Crippen LogP contribution in [-0.4, -0.2) is 0 Å². The van der Waals surface area contributed by atoms with E-state index in [0.717, 1.165) is 5.92 Å². The minimum absolute atomic E-state index is 0.622. The van der Waals surface area contributed by atoms with E-state index in [1.54, 1.807) is 5.57 Å². The average Bonchev–Trinajstić information content (AvgIpc) is 2.99. The minimum atomic E-state index is 0.622. The quantitative estimate of drug-likeness (QED) is 0.582. The van der Waals surface area contributed by atoms with Crippen molar-refractivity contribution in [3.63, 3.8) is 0 Å². The lowest BCUT2D eigenvalue weighted by atomic mass is 9.91. The second-order valence-electron chi connectivity index (χ2n) is 5.66. The third-order valence-electron chi connectivity index (χ3n) is 3.61. The van der Waals surface area contributed by atoms with Gasteiger partial charge < -0.3 is 0 Å². The highest BCUT2D eigenvalue weighted by Gasteiger charge is 2.29. The van der Waals surface area contributed by atoms with Crippen LogP contribution in [0.1, 0.15) is 54.4 Å². The van der Waals surface area contributed by atoms with Gasteiger partial charge in [-0.05, 0) is 50.0 Å². The zero-order valence-corrected chi connectivity index (χ0v) is 13.1. The van der Waals surface area contributed by atoms with E-state index in [0.29, 0.717) is 11.8 Å². The lowest BCUT2D eigenvalue weighted by Gasteiger charge is -2.18. The molecule has 0 atom stereocenters. The number of allylic oxidation sites excluding steroid dienone is 4. The van der Waals surface area contributed by atoms with E-state index in [4.69, 9.17) is 0 Å². The molecular weight excluding hydrogens is 260 g/mol. The summed E-state index contributed by atoms with van der Waals surface area (Å²) in [6, 6.07) is 0. The van der Waals surface area contributed by atoms with Crippen LogP contribution in [-0.2, 0) is 0 Å². The second kappa shape index (κ2) is 5.53. The fraction of sp³-hybridized carbons (Fsp3) is 0.733. The molecule has 0 aliphatic heterocycles. The standard InChI is InChI=1S/C15H25Br/c1-9(2)11(5)15(16)12(6)14(10(3)4)13-7-8-13/h9-10,13H,7-8H2,1-6H3/b14-12+,15-11-. The zero-order chi connectivity index (χ0) is 12.5. The predicted molar refractivity (Wildman–Crippen MR) is 76.7 cm³/mol. The normalized spacial score (nSPS) is 20.1. The maximum atomic E-state index is 3.80. The lowest BCUT2D eigenvalue weighted by Crippen LogP contribution is -2.02. The van der Waals surface area contributed by atoms with E-state index in [9.17, 15) is 0 Å². The monoisotopic (exact) mass is 284 g/mol. The molecule has 0 aromatic rings. The number of hydrogen-bond acceptors (Lipinski definition) is 0. The van der Waals surface area contributed by atoms with E-state index in [-0.39, 0.29) is 0 Å². The molecular formula is C15H25Br. The summed E-state index contributed by atoms with van der Waals surface area (Å²) >= 11 is 3.80. The van der Waals surface area contributed by atoms with E-state index < -0.39 is 0 Å². The van der Waals surface area contributed by atoms with Crippen molar-refractivity contribution in [2.24, 2.45) is 17.8 Å². The Morgan fingerprint density at radius 3 is 1.81 bits per heavy atom. The van der Waals surface area contributed by atoms with Gasteiger partial charge in [0.05, 0.1) is 0 Å². The average molecular weight is 285 g/mol. The van der Waals surface area contributed by atoms with Gasteiger partial charge in [0.2, 0.25) is 0 Å². The second-order valence-corrected chi connectivity index (χ2v) is 6.45. The van der Waals surface area contributed by atoms with Gasteiger partial charge in [-0.2, -0.15) is 0 Å². The maximum Gasteiger partial charge on any atom is 0.0196 e. The Morgan fingerprint density at radius 2 is 1.50 bits per heavy atom. The Balaban J connectivity index is 3.09. The van der Waals surface area contributed by atoms with Crippen molar-refractivity contribution < 1.29 is 0 Å². The molecule has 1 aliphatic carbocycles. The summed E-state index contributed by atoms with van der Waals surface area (Å²) in [6.07, 6.45) is 2.79. The highest BCUT2D eigenvalue weighted by Crippen LogP contribution is 2.44. The van der Waals surface area contributed by atoms with Crippen LogP contribution in [0.5, 0.6) is 0 Å². The Hall–Kier alpha value is -0.0400. The van der Waals surface area contributed by atoms with Crippen LogP contribution in [0.25, 0.3) is 0 Å². The van der Waals surface area contributed by atoms with Crippen LogP contribution in [0.3, 0.4) is 0 Å². The van der Waals surface area contributed by atoms with Gasteiger partial charge in [-0.1, -0.05) is 54.8 Å². The molecule has 0 aromatic heterocycles. The van der Waals surface area contributed by atoms with Gasteiger partial charge in [-0.15, -0.1) is 0 Å². The molecule has 0 bridgehead atoms. The van der Waals surface area contributed by atoms with Gasteiger partial charge in [0.25, 0.3) is 0 Å². The number of hydrogen-bond donors (Lipinski definition) is 0. The summed E-state index contributed by atoms with van der Waals surface area (Å²) < 4.78 is 1.35. The molecule has 0 saturated heterocycles. The van der Waals surface area contributed by atoms with Crippen molar-refractivity contribution >= 4 is 15.9 Å². The van der Waals surface area contributed by atoms with Gasteiger partial charge in [0.1, 0.15) is 0 Å². The molecule has 92 valence electrons. The molecule has 16 heavy (non-hydrogen) atoms. The molecule has 0 nitrogen and oxygen atoms in total. The van der Waals surface area contributed by atoms with Crippen molar-refractivity contribution in [2.45, 2.75) is 54.4 Å². The molecule has 0 aromatic carbocycles. The van der Waals surface area contributed by atoms with Crippen LogP contribution in [0.15, 0.2) is 21.2 Å². The number of halogens is 1. The molecule has 0 N–H and O–H groups in total. The van der Waals surface area contributed by atoms with Crippen molar-refractivity contribution in [3.8, 4) is 0 Å². The Labute approximate surface area is 109 Å². The van der Waals surface area contributed by atoms with Crippen molar-refractivity contribution in [2.75, 3.05) is 0 Å². The third kappa shape index (κ3) is 3.23. The molecule has 1 heteroatoms. The van der Waals surface area contributed by atoms with Gasteiger partial charge in [0.15, 0.2) is 0 Å². The van der Waals surface area contributed by atoms with E-state index in [1.165, 1.54) is 28.5 Å². The van der Waals surface area contributed by atoms with Gasteiger partial charge in [-0.25, -0.2) is 0 Å². The molecule has 0 heterocycles. The molecule has 1 rings (SSSR count). The zero-order valence-electron chi connectivity index (χ0n) is 11.5. The van der Waals surface area contributed by atoms with Crippen molar-refractivity contribution in [3.05, 3.63) is 21.2 Å². The molecule has 0 spiro atoms. The first-order valence-electron chi connectivity index (χ1n) is 6.43. The summed E-state index contributed by atoms with van der Waals surface area (Å²) in [4.78, 5) is 0. The Bertz CT molecular complexity index is 310. The number of rotatable bonds is 4. The summed E-state index contributed by atoms with van der Waals surface area (Å²) in [5.74, 6) is 2.17. The Morgan fingerprint density at radius 1 is 1.00 bits per heavy atom. The van der Waals surface area contributed by atoms with Crippen molar-refractivity contribution in [1.29, 1.82) is 0 Å². The van der Waals surface area contributed by atoms with Crippen LogP contribution in [0.4, 0.5) is 0 Å². The first kappa shape index (κ1) is 14.0. The largest absolute Gasteiger partial charge is 0.0605 e. The SMILES string of the molecule is C/C(=C(Br)\C(C)=C(/C(C)C)C1CC1)C(C)C. The summed E-state index contributed by atoms with van der Waals surface area (Å²) in [5, 5.41) is 0. The van der Waals surface area contributed by atoms with E-state index in [2.05, 4.69) is 57.5 Å². The highest BCUT2D eigenvalue weighted by atomic mass is 79.9. The van der Waals surface area contributed by atoms with Crippen LogP contribution >= 0.6 is 15.9 Å². The van der Waals surface area contributed by atoms with Crippen LogP contribution in [0.2, 0.25) is 0 Å². The molecule has 0 radical (unpaired) electrons. The van der Waals surface area contributed by atoms with Gasteiger partial charge >= 0.3 is 0 Å². The summed E-state index contributed by atoms with van der Waals surface area (Å²) in [7, 11) is 0. The highest BCUT2D eigenvalue weighted by molar-refractivity contribution is 9.12. The summed E-state index contributed by atoms with van der Waals surface area (Å²) in [6.45, 7) is 13.7. The summed E-state index contributed by atoms with van der Waals surface area (Å²) in [5.41, 5.74) is 4.63. The fourth-order valence-corrected chi connectivity index (χ4v) is 2.97. The van der Waals surface area contributed by atoms with Crippen LogP contribution < -0.4 is 0 Å². The topological polar surface area (TPSA) is 0 Å². The fourth-order valence-electron chi connectivity index (χ4n) is 2.28. The Kier molecular flexibility index (Phi) is 4.85. The van der Waals surface area contributed by atoms with E-state index >= 15 is 0 Å². The first-order valence-corrected chi connectivity index (χ1v) is 7.22. The molecule has 1 saturated carbocycles. The van der Waals surface area contributed by atoms with Crippen molar-refractivity contribution in [1.82, 2.24) is 0 Å². The smallest absolute Gasteiger partial charge is 0.0196 e. The minimum Gasteiger partial charge on any atom is -0.0605 e. The van der Waals surface area contributed by atoms with Gasteiger partial charge in [0, 0.05) is 4.48 Å². The van der Waals surface area contributed by atoms with Gasteiger partial charge in [-0.3, -0.25) is 0 Å². The predicted octanol–water partition coefficient (Wildman–Crippen LogP) is 5.69. The molecule has 0 amide bonds. The first-order chi connectivity index (χ1) is 7.36. The molecule has 1 fully saturated rings. The molecule has 0 unspecified atom stereocenters.